The summed E-state index contributed by atoms with van der Waals surface area (Å²) in [4.78, 5) is 16.3. The zero-order valence-corrected chi connectivity index (χ0v) is 18.0. The fraction of sp³-hybridized carbons (Fsp3) is 0.238. The Bertz CT molecular complexity index is 1190. The van der Waals surface area contributed by atoms with Gasteiger partial charge in [-0.05, 0) is 67.3 Å². The lowest BCUT2D eigenvalue weighted by Gasteiger charge is -2.13. The van der Waals surface area contributed by atoms with Crippen molar-refractivity contribution < 1.29 is 23.0 Å². The van der Waals surface area contributed by atoms with E-state index < -0.39 is 23.3 Å². The number of hydrogen-bond acceptors (Lipinski definition) is 6. The molecule has 0 saturated carbocycles. The molecular formula is C21H21F3N4O3S. The molecule has 170 valence electrons. The number of anilines is 2. The second-order valence-corrected chi connectivity index (χ2v) is 7.83. The standard InChI is InChI=1S/C21H21F3N4O3S/c1-11-8-15(31-14-5-3-4-13(9-14)21(22,23)24)6-7-16(11)27-20-17(19(30)28-32-20)18(25)26-12(2)10-29/h3-9,12,27,29H,10H2,1-2H3,(H2,25,26)(H,28,30). The monoisotopic (exact) mass is 466 g/mol. The highest BCUT2D eigenvalue weighted by atomic mass is 32.1. The van der Waals surface area contributed by atoms with Crippen molar-refractivity contribution in [1.29, 1.82) is 0 Å². The minimum Gasteiger partial charge on any atom is -0.457 e. The first-order valence-corrected chi connectivity index (χ1v) is 10.3. The smallest absolute Gasteiger partial charge is 0.416 e. The van der Waals surface area contributed by atoms with Crippen molar-refractivity contribution in [3.05, 3.63) is 69.5 Å². The van der Waals surface area contributed by atoms with Crippen LogP contribution in [0, 0.1) is 6.92 Å². The topological polar surface area (TPSA) is 113 Å². The van der Waals surface area contributed by atoms with Crippen LogP contribution < -0.4 is 21.3 Å². The molecule has 0 aliphatic rings. The van der Waals surface area contributed by atoms with Crippen LogP contribution >= 0.6 is 11.5 Å². The average molecular weight is 466 g/mol. The molecule has 0 radical (unpaired) electrons. The lowest BCUT2D eigenvalue weighted by molar-refractivity contribution is -0.137. The van der Waals surface area contributed by atoms with Gasteiger partial charge in [0.2, 0.25) is 0 Å². The Morgan fingerprint density at radius 3 is 2.66 bits per heavy atom. The molecule has 5 N–H and O–H groups in total. The molecule has 1 atom stereocenters. The van der Waals surface area contributed by atoms with Crippen LogP contribution in [0.2, 0.25) is 0 Å². The molecule has 11 heteroatoms. The van der Waals surface area contributed by atoms with Gasteiger partial charge in [0.15, 0.2) is 0 Å². The fourth-order valence-electron chi connectivity index (χ4n) is 2.80. The van der Waals surface area contributed by atoms with Gasteiger partial charge < -0.3 is 20.9 Å². The summed E-state index contributed by atoms with van der Waals surface area (Å²) >= 11 is 1.04. The van der Waals surface area contributed by atoms with Crippen LogP contribution in [0.3, 0.4) is 0 Å². The third-order valence-corrected chi connectivity index (χ3v) is 5.22. The fourth-order valence-corrected chi connectivity index (χ4v) is 3.56. The predicted molar refractivity (Wildman–Crippen MR) is 118 cm³/mol. The molecule has 2 aromatic carbocycles. The Morgan fingerprint density at radius 2 is 2.00 bits per heavy atom. The number of aromatic nitrogens is 1. The lowest BCUT2D eigenvalue weighted by Crippen LogP contribution is -2.24. The number of halogens is 3. The number of H-pyrrole nitrogens is 1. The normalized spacial score (nSPS) is 13.1. The van der Waals surface area contributed by atoms with Gasteiger partial charge in [-0.15, -0.1) is 0 Å². The molecule has 0 aliphatic heterocycles. The molecule has 0 spiro atoms. The number of ether oxygens (including phenoxy) is 1. The first-order valence-electron chi connectivity index (χ1n) is 9.47. The number of aromatic amines is 1. The van der Waals surface area contributed by atoms with Crippen LogP contribution in [-0.2, 0) is 6.18 Å². The van der Waals surface area contributed by atoms with Crippen LogP contribution in [0.5, 0.6) is 11.5 Å². The Kier molecular flexibility index (Phi) is 6.90. The number of aliphatic hydroxyl groups is 1. The highest BCUT2D eigenvalue weighted by molar-refractivity contribution is 7.10. The van der Waals surface area contributed by atoms with E-state index in [9.17, 15) is 18.0 Å². The average Bonchev–Trinajstić information content (AvgIpc) is 3.09. The van der Waals surface area contributed by atoms with Crippen molar-refractivity contribution in [3.63, 3.8) is 0 Å². The van der Waals surface area contributed by atoms with E-state index in [2.05, 4.69) is 14.7 Å². The van der Waals surface area contributed by atoms with Gasteiger partial charge in [-0.25, -0.2) is 0 Å². The van der Waals surface area contributed by atoms with Crippen molar-refractivity contribution in [1.82, 2.24) is 4.37 Å². The van der Waals surface area contributed by atoms with Crippen molar-refractivity contribution in [3.8, 4) is 11.5 Å². The van der Waals surface area contributed by atoms with Crippen LogP contribution in [0.15, 0.2) is 52.3 Å². The summed E-state index contributed by atoms with van der Waals surface area (Å²) in [5.41, 5.74) is 6.27. The van der Waals surface area contributed by atoms with Crippen molar-refractivity contribution in [2.45, 2.75) is 26.1 Å². The van der Waals surface area contributed by atoms with Gasteiger partial charge in [-0.3, -0.25) is 14.2 Å². The van der Waals surface area contributed by atoms with Gasteiger partial charge in [0.05, 0.1) is 18.2 Å². The van der Waals surface area contributed by atoms with Crippen LogP contribution in [-0.4, -0.2) is 28.0 Å². The van der Waals surface area contributed by atoms with Crippen LogP contribution in [0.4, 0.5) is 23.9 Å². The number of benzene rings is 2. The minimum absolute atomic E-state index is 0.00120. The van der Waals surface area contributed by atoms with Gasteiger partial charge in [-0.2, -0.15) is 13.2 Å². The molecule has 0 saturated heterocycles. The van der Waals surface area contributed by atoms with Crippen LogP contribution in [0.1, 0.15) is 23.6 Å². The number of aryl methyl sites for hydroxylation is 1. The van der Waals surface area contributed by atoms with Crippen molar-refractivity contribution in [2.24, 2.45) is 10.7 Å². The molecule has 0 bridgehead atoms. The summed E-state index contributed by atoms with van der Waals surface area (Å²) < 4.78 is 46.9. The molecule has 3 rings (SSSR count). The maximum Gasteiger partial charge on any atom is 0.416 e. The number of aliphatic imine (C=N–C) groups is 1. The number of rotatable bonds is 7. The molecule has 32 heavy (non-hydrogen) atoms. The van der Waals surface area contributed by atoms with E-state index in [0.29, 0.717) is 16.4 Å². The molecule has 3 aromatic rings. The molecule has 0 amide bonds. The van der Waals surface area contributed by atoms with Gasteiger partial charge >= 0.3 is 6.18 Å². The lowest BCUT2D eigenvalue weighted by atomic mass is 10.1. The Hall–Kier alpha value is -3.31. The number of alkyl halides is 3. The van der Waals surface area contributed by atoms with E-state index in [4.69, 9.17) is 15.6 Å². The zero-order chi connectivity index (χ0) is 23.5. The van der Waals surface area contributed by atoms with E-state index in [0.717, 1.165) is 29.2 Å². The first kappa shape index (κ1) is 23.4. The van der Waals surface area contributed by atoms with Crippen molar-refractivity contribution >= 4 is 28.1 Å². The zero-order valence-electron chi connectivity index (χ0n) is 17.2. The predicted octanol–water partition coefficient (Wildman–Crippen LogP) is 4.39. The largest absolute Gasteiger partial charge is 0.457 e. The molecule has 0 fully saturated rings. The number of hydrogen-bond donors (Lipinski definition) is 4. The summed E-state index contributed by atoms with van der Waals surface area (Å²) in [7, 11) is 0. The maximum absolute atomic E-state index is 12.9. The minimum atomic E-state index is -4.46. The van der Waals surface area contributed by atoms with Gasteiger partial charge in [0.1, 0.15) is 27.9 Å². The van der Waals surface area contributed by atoms with E-state index in [1.165, 1.54) is 12.1 Å². The van der Waals surface area contributed by atoms with Gasteiger partial charge in [0, 0.05) is 5.69 Å². The SMILES string of the molecule is Cc1cc(Oc2cccc(C(F)(F)F)c2)ccc1Nc1s[nH]c(=O)c1C(N)=NC(C)CO. The molecule has 1 heterocycles. The molecule has 1 unspecified atom stereocenters. The number of nitrogens with two attached hydrogens (primary N) is 1. The second-order valence-electron chi connectivity index (χ2n) is 7.01. The summed E-state index contributed by atoms with van der Waals surface area (Å²) in [5, 5.41) is 12.7. The first-order chi connectivity index (χ1) is 15.1. The summed E-state index contributed by atoms with van der Waals surface area (Å²) in [6.45, 7) is 3.23. The van der Waals surface area contributed by atoms with Crippen molar-refractivity contribution in [2.75, 3.05) is 11.9 Å². The molecular weight excluding hydrogens is 445 g/mol. The Morgan fingerprint density at radius 1 is 1.28 bits per heavy atom. The molecule has 0 aliphatic carbocycles. The highest BCUT2D eigenvalue weighted by Gasteiger charge is 2.30. The van der Waals surface area contributed by atoms with Gasteiger partial charge in [-0.1, -0.05) is 6.07 Å². The van der Waals surface area contributed by atoms with E-state index in [-0.39, 0.29) is 23.8 Å². The number of nitrogens with zero attached hydrogens (tertiary/aromatic N) is 1. The third-order valence-electron chi connectivity index (χ3n) is 4.42. The second kappa shape index (κ2) is 9.45. The maximum atomic E-state index is 12.9. The Balaban J connectivity index is 1.82. The number of aliphatic hydroxyl groups excluding tert-OH is 1. The molecule has 7 nitrogen and oxygen atoms in total. The van der Waals surface area contributed by atoms with Crippen LogP contribution in [0.25, 0.3) is 0 Å². The number of nitrogens with one attached hydrogen (secondary N) is 2. The van der Waals surface area contributed by atoms with Gasteiger partial charge in [0.25, 0.3) is 5.56 Å². The summed E-state index contributed by atoms with van der Waals surface area (Å²) in [6.07, 6.45) is -4.46. The number of amidine groups is 1. The quantitative estimate of drug-likeness (QED) is 0.305. The molecule has 1 aromatic heterocycles. The summed E-state index contributed by atoms with van der Waals surface area (Å²) in [5.74, 6) is 0.416. The summed E-state index contributed by atoms with van der Waals surface area (Å²) in [6, 6.07) is 9.09. The highest BCUT2D eigenvalue weighted by Crippen LogP contribution is 2.34. The third kappa shape index (κ3) is 5.48. The van der Waals surface area contributed by atoms with E-state index in [1.807, 2.05) is 0 Å². The Labute approximate surface area is 185 Å². The van der Waals surface area contributed by atoms with E-state index >= 15 is 0 Å². The van der Waals surface area contributed by atoms with E-state index in [1.54, 1.807) is 32.0 Å².